The van der Waals surface area contributed by atoms with Crippen molar-refractivity contribution in [3.63, 3.8) is 0 Å². The topological polar surface area (TPSA) is 30.0 Å². The monoisotopic (exact) mass is 271 g/mol. The number of aryl methyl sites for hydroxylation is 1. The molecule has 0 aliphatic heterocycles. The molecular weight excluding hydrogens is 250 g/mol. The van der Waals surface area contributed by atoms with Gasteiger partial charge in [-0.25, -0.2) is 4.98 Å². The van der Waals surface area contributed by atoms with E-state index in [0.29, 0.717) is 5.75 Å². The van der Waals surface area contributed by atoms with Crippen molar-refractivity contribution in [3.05, 3.63) is 16.1 Å². The summed E-state index contributed by atoms with van der Waals surface area (Å²) in [6, 6.07) is 0. The molecule has 1 aromatic heterocycles. The average molecular weight is 271 g/mol. The Bertz CT molecular complexity index is 369. The first kappa shape index (κ1) is 13.2. The zero-order valence-electron chi connectivity index (χ0n) is 10.5. The molecular formula is C13H21NOS2. The minimum atomic E-state index is -0.710. The Labute approximate surface area is 110 Å². The van der Waals surface area contributed by atoms with Gasteiger partial charge in [-0.05, 0) is 25.7 Å². The van der Waals surface area contributed by atoms with Crippen molar-refractivity contribution in [2.75, 3.05) is 5.75 Å². The quantitative estimate of drug-likeness (QED) is 0.790. The van der Waals surface area contributed by atoms with E-state index in [-0.39, 0.29) is 0 Å². The molecule has 2 rings (SSSR count). The standard InChI is InChI=1S/C13H21NOS2/c1-11-9-14-13(16-11)10-17(15)8-4-7-12-5-2-3-6-12/h9,12H,2-8,10H2,1H3/t17-/m1/s1. The van der Waals surface area contributed by atoms with Crippen LogP contribution in [0.25, 0.3) is 0 Å². The molecule has 0 spiro atoms. The van der Waals surface area contributed by atoms with E-state index in [1.54, 1.807) is 11.3 Å². The molecule has 1 heterocycles. The van der Waals surface area contributed by atoms with Crippen molar-refractivity contribution >= 4 is 22.1 Å². The van der Waals surface area contributed by atoms with Gasteiger partial charge in [0.1, 0.15) is 5.01 Å². The van der Waals surface area contributed by atoms with Gasteiger partial charge >= 0.3 is 0 Å². The van der Waals surface area contributed by atoms with Crippen LogP contribution in [-0.2, 0) is 16.6 Å². The molecule has 1 fully saturated rings. The van der Waals surface area contributed by atoms with Crippen molar-refractivity contribution in [2.24, 2.45) is 5.92 Å². The molecule has 0 bridgehead atoms. The number of aromatic nitrogens is 1. The van der Waals surface area contributed by atoms with Gasteiger partial charge < -0.3 is 0 Å². The molecule has 96 valence electrons. The SMILES string of the molecule is Cc1cnc(C[S@](=O)CCCC2CCCC2)s1. The molecule has 1 aliphatic rings. The summed E-state index contributed by atoms with van der Waals surface area (Å²) >= 11 is 1.67. The summed E-state index contributed by atoms with van der Waals surface area (Å²) in [5.41, 5.74) is 0. The van der Waals surface area contributed by atoms with E-state index in [2.05, 4.69) is 4.98 Å². The fourth-order valence-corrected chi connectivity index (χ4v) is 4.71. The predicted octanol–water partition coefficient (Wildman–Crippen LogP) is 3.67. The summed E-state index contributed by atoms with van der Waals surface area (Å²) in [5.74, 6) is 2.44. The van der Waals surface area contributed by atoms with E-state index in [4.69, 9.17) is 0 Å². The second-order valence-electron chi connectivity index (χ2n) is 4.95. The van der Waals surface area contributed by atoms with Gasteiger partial charge in [0.05, 0.1) is 5.75 Å². The van der Waals surface area contributed by atoms with E-state index in [9.17, 15) is 4.21 Å². The fraction of sp³-hybridized carbons (Fsp3) is 0.769. The van der Waals surface area contributed by atoms with Crippen LogP contribution in [-0.4, -0.2) is 14.9 Å². The van der Waals surface area contributed by atoms with Gasteiger partial charge in [-0.1, -0.05) is 25.7 Å². The Morgan fingerprint density at radius 2 is 2.24 bits per heavy atom. The van der Waals surface area contributed by atoms with Gasteiger partial charge in [-0.3, -0.25) is 4.21 Å². The van der Waals surface area contributed by atoms with Crippen LogP contribution in [0.4, 0.5) is 0 Å². The van der Waals surface area contributed by atoms with Gasteiger partial charge in [0, 0.05) is 27.6 Å². The summed E-state index contributed by atoms with van der Waals surface area (Å²) in [7, 11) is -0.710. The van der Waals surface area contributed by atoms with Gasteiger partial charge in [-0.2, -0.15) is 0 Å². The van der Waals surface area contributed by atoms with Crippen molar-refractivity contribution < 1.29 is 4.21 Å². The predicted molar refractivity (Wildman–Crippen MR) is 74.8 cm³/mol. The van der Waals surface area contributed by atoms with Crippen molar-refractivity contribution in [1.82, 2.24) is 4.98 Å². The first-order chi connectivity index (χ1) is 8.24. The summed E-state index contributed by atoms with van der Waals surface area (Å²) in [4.78, 5) is 5.48. The van der Waals surface area contributed by atoms with E-state index in [1.807, 2.05) is 13.1 Å². The fourth-order valence-electron chi connectivity index (χ4n) is 2.51. The number of thiazole rings is 1. The Hall–Kier alpha value is -0.220. The summed E-state index contributed by atoms with van der Waals surface area (Å²) in [5, 5.41) is 1.03. The van der Waals surface area contributed by atoms with Gasteiger partial charge in [0.15, 0.2) is 0 Å². The van der Waals surface area contributed by atoms with Crippen LogP contribution in [0.2, 0.25) is 0 Å². The minimum absolute atomic E-state index is 0.656. The molecule has 1 saturated carbocycles. The molecule has 0 unspecified atom stereocenters. The molecule has 17 heavy (non-hydrogen) atoms. The smallest absolute Gasteiger partial charge is 0.105 e. The van der Waals surface area contributed by atoms with E-state index >= 15 is 0 Å². The molecule has 0 aromatic carbocycles. The van der Waals surface area contributed by atoms with Crippen LogP contribution in [0.15, 0.2) is 6.20 Å². The highest BCUT2D eigenvalue weighted by Gasteiger charge is 2.15. The Morgan fingerprint density at radius 1 is 1.47 bits per heavy atom. The second-order valence-corrected chi connectivity index (χ2v) is 7.84. The van der Waals surface area contributed by atoms with E-state index in [1.165, 1.54) is 37.0 Å². The molecule has 0 saturated heterocycles. The number of hydrogen-bond acceptors (Lipinski definition) is 3. The Morgan fingerprint density at radius 3 is 2.88 bits per heavy atom. The van der Waals surface area contributed by atoms with Gasteiger partial charge in [-0.15, -0.1) is 11.3 Å². The zero-order valence-corrected chi connectivity index (χ0v) is 12.1. The summed E-state index contributed by atoms with van der Waals surface area (Å²) < 4.78 is 11.9. The molecule has 1 atom stereocenters. The van der Waals surface area contributed by atoms with E-state index < -0.39 is 10.8 Å². The Balaban J connectivity index is 1.63. The average Bonchev–Trinajstić information content (AvgIpc) is 2.90. The van der Waals surface area contributed by atoms with Crippen LogP contribution in [0.3, 0.4) is 0 Å². The van der Waals surface area contributed by atoms with Crippen LogP contribution >= 0.6 is 11.3 Å². The van der Waals surface area contributed by atoms with Crippen LogP contribution < -0.4 is 0 Å². The van der Waals surface area contributed by atoms with Gasteiger partial charge in [0.25, 0.3) is 0 Å². The van der Waals surface area contributed by atoms with E-state index in [0.717, 1.165) is 23.1 Å². The maximum atomic E-state index is 11.9. The Kier molecular flexibility index (Phi) is 5.16. The normalized spacial score (nSPS) is 18.6. The second kappa shape index (κ2) is 6.64. The minimum Gasteiger partial charge on any atom is -0.259 e. The third-order valence-electron chi connectivity index (χ3n) is 3.41. The van der Waals surface area contributed by atoms with Crippen molar-refractivity contribution in [2.45, 2.75) is 51.2 Å². The third-order valence-corrected chi connectivity index (χ3v) is 5.85. The molecule has 0 amide bonds. The largest absolute Gasteiger partial charge is 0.259 e. The summed E-state index contributed by atoms with van der Waals surface area (Å²) in [6.45, 7) is 2.05. The molecule has 0 radical (unpaired) electrons. The number of nitrogens with zero attached hydrogens (tertiary/aromatic N) is 1. The first-order valence-corrected chi connectivity index (χ1v) is 8.81. The first-order valence-electron chi connectivity index (χ1n) is 6.50. The molecule has 1 aromatic rings. The lowest BCUT2D eigenvalue weighted by atomic mass is 10.0. The van der Waals surface area contributed by atoms with Gasteiger partial charge in [0.2, 0.25) is 0 Å². The third kappa shape index (κ3) is 4.51. The maximum Gasteiger partial charge on any atom is 0.105 e. The molecule has 4 heteroatoms. The number of rotatable bonds is 6. The van der Waals surface area contributed by atoms with Crippen molar-refractivity contribution in [3.8, 4) is 0 Å². The molecule has 0 N–H and O–H groups in total. The molecule has 2 nitrogen and oxygen atoms in total. The van der Waals surface area contributed by atoms with Crippen LogP contribution in [0, 0.1) is 12.8 Å². The highest BCUT2D eigenvalue weighted by Crippen LogP contribution is 2.28. The lowest BCUT2D eigenvalue weighted by Gasteiger charge is -2.07. The summed E-state index contributed by atoms with van der Waals surface area (Å²) in [6.07, 6.45) is 9.90. The molecule has 1 aliphatic carbocycles. The number of hydrogen-bond donors (Lipinski definition) is 0. The lowest BCUT2D eigenvalue weighted by molar-refractivity contribution is 0.497. The van der Waals surface area contributed by atoms with Crippen molar-refractivity contribution in [1.29, 1.82) is 0 Å². The van der Waals surface area contributed by atoms with Crippen LogP contribution in [0.1, 0.15) is 48.4 Å². The highest BCUT2D eigenvalue weighted by atomic mass is 32.2. The van der Waals surface area contributed by atoms with Crippen LogP contribution in [0.5, 0.6) is 0 Å². The highest BCUT2D eigenvalue weighted by molar-refractivity contribution is 7.84. The maximum absolute atomic E-state index is 11.9. The lowest BCUT2D eigenvalue weighted by Crippen LogP contribution is -2.03. The zero-order chi connectivity index (χ0) is 12.1.